The Hall–Kier alpha value is -1.69. The van der Waals surface area contributed by atoms with E-state index in [9.17, 15) is 13.6 Å². The van der Waals surface area contributed by atoms with E-state index in [0.717, 1.165) is 44.8 Å². The van der Waals surface area contributed by atoms with Crippen LogP contribution in [0.3, 0.4) is 0 Å². The largest absolute Gasteiger partial charge is 0.449 e. The quantitative estimate of drug-likeness (QED) is 0.853. The second kappa shape index (κ2) is 7.91. The van der Waals surface area contributed by atoms with E-state index in [2.05, 4.69) is 10.2 Å². The van der Waals surface area contributed by atoms with Crippen LogP contribution in [-0.4, -0.2) is 36.7 Å². The van der Waals surface area contributed by atoms with Crippen molar-refractivity contribution in [3.63, 3.8) is 0 Å². The van der Waals surface area contributed by atoms with Crippen LogP contribution in [0.2, 0.25) is 0 Å². The van der Waals surface area contributed by atoms with Gasteiger partial charge in [-0.1, -0.05) is 13.8 Å². The zero-order chi connectivity index (χ0) is 18.7. The molecule has 1 aromatic carbocycles. The molecule has 3 rings (SSSR count). The number of piperidine rings is 1. The molecule has 1 amide bonds. The molecule has 1 saturated heterocycles. The maximum Gasteiger partial charge on any atom is 0.407 e. The molecule has 1 aliphatic carbocycles. The van der Waals surface area contributed by atoms with Crippen LogP contribution < -0.4 is 5.32 Å². The van der Waals surface area contributed by atoms with Crippen molar-refractivity contribution in [1.82, 2.24) is 10.2 Å². The summed E-state index contributed by atoms with van der Waals surface area (Å²) in [4.78, 5) is 13.9. The number of alkyl carbamates (subject to hydrolysis) is 1. The van der Waals surface area contributed by atoms with Crippen LogP contribution in [0, 0.1) is 23.0 Å². The summed E-state index contributed by atoms with van der Waals surface area (Å²) in [5, 5.41) is 2.94. The van der Waals surface area contributed by atoms with Crippen LogP contribution in [0.25, 0.3) is 0 Å². The average molecular weight is 366 g/mol. The molecule has 0 unspecified atom stereocenters. The number of halogens is 2. The van der Waals surface area contributed by atoms with Gasteiger partial charge >= 0.3 is 6.09 Å². The van der Waals surface area contributed by atoms with Crippen LogP contribution in [0.5, 0.6) is 0 Å². The van der Waals surface area contributed by atoms with Crippen LogP contribution in [0.15, 0.2) is 18.2 Å². The molecule has 26 heavy (non-hydrogen) atoms. The second-order valence-corrected chi connectivity index (χ2v) is 8.25. The third-order valence-electron chi connectivity index (χ3n) is 5.55. The lowest BCUT2D eigenvalue weighted by atomic mass is 9.60. The van der Waals surface area contributed by atoms with Crippen molar-refractivity contribution in [2.24, 2.45) is 11.3 Å². The Bertz CT molecular complexity index is 635. The van der Waals surface area contributed by atoms with Crippen molar-refractivity contribution in [2.75, 3.05) is 19.7 Å². The number of nitrogens with one attached hydrogen (secondary N) is 1. The molecule has 6 heteroatoms. The Morgan fingerprint density at radius 1 is 1.31 bits per heavy atom. The van der Waals surface area contributed by atoms with Crippen LogP contribution >= 0.6 is 0 Å². The molecule has 144 valence electrons. The summed E-state index contributed by atoms with van der Waals surface area (Å²) in [5.74, 6) is -0.410. The molecule has 1 spiro atoms. The lowest BCUT2D eigenvalue weighted by Crippen LogP contribution is -2.54. The number of rotatable bonds is 5. The van der Waals surface area contributed by atoms with Gasteiger partial charge in [-0.05, 0) is 68.3 Å². The SMILES string of the molecule is CC(C)COC(=O)NC1CC2(CCN(Cc3cc(F)ccc3F)CC2)C1. The molecular formula is C20H28F2N2O2. The molecule has 2 fully saturated rings. The topological polar surface area (TPSA) is 41.6 Å². The molecule has 0 aromatic heterocycles. The number of benzene rings is 1. The molecule has 2 aliphatic rings. The molecule has 1 heterocycles. The predicted molar refractivity (Wildman–Crippen MR) is 95.6 cm³/mol. The van der Waals surface area contributed by atoms with E-state index in [4.69, 9.17) is 4.74 Å². The number of carbonyl (C=O) groups is 1. The Labute approximate surface area is 153 Å². The Balaban J connectivity index is 1.41. The number of nitrogens with zero attached hydrogens (tertiary/aromatic N) is 1. The highest BCUT2D eigenvalue weighted by atomic mass is 19.1. The van der Waals surface area contributed by atoms with Gasteiger partial charge in [0.15, 0.2) is 0 Å². The number of carbonyl (C=O) groups excluding carboxylic acids is 1. The Kier molecular flexibility index (Phi) is 5.80. The minimum absolute atomic E-state index is 0.196. The molecule has 1 aromatic rings. The van der Waals surface area contributed by atoms with Gasteiger partial charge in [-0.25, -0.2) is 13.6 Å². The van der Waals surface area contributed by atoms with Gasteiger partial charge in [-0.3, -0.25) is 4.90 Å². The molecule has 0 atom stereocenters. The highest BCUT2D eigenvalue weighted by Gasteiger charge is 2.46. The average Bonchev–Trinajstić information content (AvgIpc) is 2.56. The molecule has 1 aliphatic heterocycles. The third kappa shape index (κ3) is 4.72. The van der Waals surface area contributed by atoms with Gasteiger partial charge in [0.1, 0.15) is 11.6 Å². The van der Waals surface area contributed by atoms with Crippen molar-refractivity contribution >= 4 is 6.09 Å². The molecule has 0 bridgehead atoms. The third-order valence-corrected chi connectivity index (χ3v) is 5.55. The van der Waals surface area contributed by atoms with Crippen LogP contribution in [0.4, 0.5) is 13.6 Å². The van der Waals surface area contributed by atoms with Gasteiger partial charge in [0, 0.05) is 18.2 Å². The molecule has 1 N–H and O–H groups in total. The summed E-state index contributed by atoms with van der Waals surface area (Å²) < 4.78 is 32.3. The highest BCUT2D eigenvalue weighted by molar-refractivity contribution is 5.67. The standard InChI is InChI=1S/C20H28F2N2O2/c1-14(2)13-26-19(25)23-17-10-20(11-17)5-7-24(8-6-20)12-15-9-16(21)3-4-18(15)22/h3-4,9,14,17H,5-8,10-13H2,1-2H3,(H,23,25). The first-order valence-electron chi connectivity index (χ1n) is 9.45. The first-order valence-corrected chi connectivity index (χ1v) is 9.45. The summed E-state index contributed by atoms with van der Waals surface area (Å²) in [6.45, 7) is 6.66. The van der Waals surface area contributed by atoms with Crippen molar-refractivity contribution in [2.45, 2.75) is 52.1 Å². The first-order chi connectivity index (χ1) is 12.3. The van der Waals surface area contributed by atoms with E-state index in [-0.39, 0.29) is 23.4 Å². The highest BCUT2D eigenvalue weighted by Crippen LogP contribution is 2.49. The summed E-state index contributed by atoms with van der Waals surface area (Å²) in [7, 11) is 0. The minimum Gasteiger partial charge on any atom is -0.449 e. The Morgan fingerprint density at radius 3 is 2.65 bits per heavy atom. The van der Waals surface area contributed by atoms with Crippen LogP contribution in [0.1, 0.15) is 45.1 Å². The smallest absolute Gasteiger partial charge is 0.407 e. The number of likely N-dealkylation sites (tertiary alicyclic amines) is 1. The summed E-state index contributed by atoms with van der Waals surface area (Å²) in [5.41, 5.74) is 0.703. The van der Waals surface area contributed by atoms with Gasteiger partial charge in [0.2, 0.25) is 0 Å². The fourth-order valence-corrected chi connectivity index (χ4v) is 4.04. The van der Waals surface area contributed by atoms with Gasteiger partial charge in [-0.2, -0.15) is 0 Å². The van der Waals surface area contributed by atoms with E-state index in [1.165, 1.54) is 12.1 Å². The number of amides is 1. The van der Waals surface area contributed by atoms with E-state index >= 15 is 0 Å². The normalized spacial score (nSPS) is 20.2. The second-order valence-electron chi connectivity index (χ2n) is 8.25. The molecule has 1 saturated carbocycles. The lowest BCUT2D eigenvalue weighted by Gasteiger charge is -2.52. The number of hydrogen-bond acceptors (Lipinski definition) is 3. The zero-order valence-corrected chi connectivity index (χ0v) is 15.6. The minimum atomic E-state index is -0.396. The van der Waals surface area contributed by atoms with Gasteiger partial charge < -0.3 is 10.1 Å². The van der Waals surface area contributed by atoms with Crippen molar-refractivity contribution in [3.05, 3.63) is 35.4 Å². The van der Waals surface area contributed by atoms with Gasteiger partial charge in [0.05, 0.1) is 6.61 Å². The fraction of sp³-hybridized carbons (Fsp3) is 0.650. The van der Waals surface area contributed by atoms with Crippen LogP contribution in [-0.2, 0) is 11.3 Å². The summed E-state index contributed by atoms with van der Waals surface area (Å²) in [6, 6.07) is 3.82. The lowest BCUT2D eigenvalue weighted by molar-refractivity contribution is 0.00264. The fourth-order valence-electron chi connectivity index (χ4n) is 4.04. The maximum absolute atomic E-state index is 13.8. The van der Waals surface area contributed by atoms with Crippen molar-refractivity contribution < 1.29 is 18.3 Å². The molecule has 0 radical (unpaired) electrons. The van der Waals surface area contributed by atoms with E-state index in [1.54, 1.807) is 0 Å². The molecular weight excluding hydrogens is 338 g/mol. The Morgan fingerprint density at radius 2 is 2.00 bits per heavy atom. The molecule has 4 nitrogen and oxygen atoms in total. The van der Waals surface area contributed by atoms with Gasteiger partial charge in [-0.15, -0.1) is 0 Å². The monoisotopic (exact) mass is 366 g/mol. The first kappa shape index (κ1) is 19.1. The van der Waals surface area contributed by atoms with E-state index < -0.39 is 5.82 Å². The number of hydrogen-bond donors (Lipinski definition) is 1. The van der Waals surface area contributed by atoms with E-state index in [0.29, 0.717) is 24.6 Å². The summed E-state index contributed by atoms with van der Waals surface area (Å²) in [6.07, 6.45) is 3.70. The van der Waals surface area contributed by atoms with Crippen molar-refractivity contribution in [1.29, 1.82) is 0 Å². The zero-order valence-electron chi connectivity index (χ0n) is 15.6. The van der Waals surface area contributed by atoms with Crippen molar-refractivity contribution in [3.8, 4) is 0 Å². The summed E-state index contributed by atoms with van der Waals surface area (Å²) >= 11 is 0. The van der Waals surface area contributed by atoms with E-state index in [1.807, 2.05) is 13.8 Å². The number of ether oxygens (including phenoxy) is 1. The van der Waals surface area contributed by atoms with Gasteiger partial charge in [0.25, 0.3) is 0 Å². The predicted octanol–water partition coefficient (Wildman–Crippen LogP) is 4.09. The maximum atomic E-state index is 13.8.